The number of ether oxygens (including phenoxy) is 1. The van der Waals surface area contributed by atoms with Crippen LogP contribution in [-0.4, -0.2) is 62.8 Å². The quantitative estimate of drug-likeness (QED) is 0.888. The van der Waals surface area contributed by atoms with E-state index in [2.05, 4.69) is 10.2 Å². The minimum atomic E-state index is -0.500. The van der Waals surface area contributed by atoms with Crippen LogP contribution in [0.25, 0.3) is 0 Å². The average molecular weight is 348 g/mol. The van der Waals surface area contributed by atoms with Crippen molar-refractivity contribution < 1.29 is 14.3 Å². The lowest BCUT2D eigenvalue weighted by molar-refractivity contribution is -0.140. The summed E-state index contributed by atoms with van der Waals surface area (Å²) in [6.45, 7) is 10.6. The number of nitrogens with one attached hydrogen (secondary N) is 1. The molecule has 7 nitrogen and oxygen atoms in total. The topological polar surface area (TPSA) is 78.5 Å². The zero-order valence-electron chi connectivity index (χ0n) is 15.8. The van der Waals surface area contributed by atoms with Crippen LogP contribution in [-0.2, 0) is 16.0 Å². The van der Waals surface area contributed by atoms with E-state index in [4.69, 9.17) is 4.74 Å². The monoisotopic (exact) mass is 348 g/mol. The number of hydrogen-bond donors (Lipinski definition) is 1. The first-order chi connectivity index (χ1) is 11.7. The predicted octanol–water partition coefficient (Wildman–Crippen LogP) is 2.18. The number of aromatic amines is 1. The molecule has 1 aromatic rings. The Morgan fingerprint density at radius 2 is 1.76 bits per heavy atom. The smallest absolute Gasteiger partial charge is 0.410 e. The van der Waals surface area contributed by atoms with Gasteiger partial charge in [0, 0.05) is 30.4 Å². The number of nitrogens with zero attached hydrogens (tertiary/aromatic N) is 3. The van der Waals surface area contributed by atoms with E-state index >= 15 is 0 Å². The Morgan fingerprint density at radius 3 is 2.24 bits per heavy atom. The van der Waals surface area contributed by atoms with Gasteiger partial charge in [-0.15, -0.1) is 0 Å². The number of aryl methyl sites for hydroxylation is 2. The van der Waals surface area contributed by atoms with Crippen molar-refractivity contribution in [2.75, 3.05) is 13.1 Å². The number of piperazine rings is 1. The minimum Gasteiger partial charge on any atom is -0.444 e. The van der Waals surface area contributed by atoms with Gasteiger partial charge in [-0.05, 0) is 47.5 Å². The first-order valence-electron chi connectivity index (χ1n) is 8.95. The number of carbonyl (C=O) groups excluding carboxylic acids is 2. The van der Waals surface area contributed by atoms with Gasteiger partial charge in [0.2, 0.25) is 5.91 Å². The number of piperidine rings is 2. The predicted molar refractivity (Wildman–Crippen MR) is 93.2 cm³/mol. The molecule has 7 heteroatoms. The molecule has 1 N–H and O–H groups in total. The van der Waals surface area contributed by atoms with Gasteiger partial charge < -0.3 is 14.5 Å². The van der Waals surface area contributed by atoms with Crippen LogP contribution in [0.15, 0.2) is 0 Å². The average Bonchev–Trinajstić information content (AvgIpc) is 2.85. The lowest BCUT2D eigenvalue weighted by atomic mass is 9.90. The maximum Gasteiger partial charge on any atom is 0.410 e. The van der Waals surface area contributed by atoms with E-state index in [1.807, 2.05) is 39.5 Å². The maximum atomic E-state index is 12.8. The number of rotatable bonds is 2. The van der Waals surface area contributed by atoms with Crippen LogP contribution < -0.4 is 0 Å². The molecule has 0 aliphatic carbocycles. The highest BCUT2D eigenvalue weighted by Gasteiger charge is 2.44. The second-order valence-electron chi connectivity index (χ2n) is 8.15. The van der Waals surface area contributed by atoms with Gasteiger partial charge in [-0.25, -0.2) is 4.79 Å². The van der Waals surface area contributed by atoms with E-state index < -0.39 is 5.60 Å². The first-order valence-corrected chi connectivity index (χ1v) is 8.95. The van der Waals surface area contributed by atoms with Gasteiger partial charge in [-0.2, -0.15) is 5.10 Å². The third-order valence-electron chi connectivity index (χ3n) is 5.09. The van der Waals surface area contributed by atoms with Crippen molar-refractivity contribution in [1.29, 1.82) is 0 Å². The number of H-pyrrole nitrogens is 1. The summed E-state index contributed by atoms with van der Waals surface area (Å²) in [6.07, 6.45) is 1.97. The molecule has 0 saturated carbocycles. The molecule has 0 radical (unpaired) electrons. The lowest BCUT2D eigenvalue weighted by Crippen LogP contribution is -2.65. The Morgan fingerprint density at radius 1 is 1.16 bits per heavy atom. The Labute approximate surface area is 148 Å². The minimum absolute atomic E-state index is 0.0512. The van der Waals surface area contributed by atoms with E-state index in [1.165, 1.54) is 0 Å². The van der Waals surface area contributed by atoms with Crippen LogP contribution in [0.3, 0.4) is 0 Å². The molecule has 2 bridgehead atoms. The molecule has 2 unspecified atom stereocenters. The van der Waals surface area contributed by atoms with Gasteiger partial charge in [0.15, 0.2) is 0 Å². The summed E-state index contributed by atoms with van der Waals surface area (Å²) >= 11 is 0. The first kappa shape index (κ1) is 17.8. The van der Waals surface area contributed by atoms with E-state index in [0.29, 0.717) is 19.5 Å². The standard InChI is InChI=1S/C18H28N4O3/c1-11-15(12(2)20-19-11)8-16(23)21-9-14-7-6-13(21)10-22(14)17(24)25-18(3,4)5/h13-14H,6-10H2,1-5H3,(H,19,20). The van der Waals surface area contributed by atoms with Crippen molar-refractivity contribution in [3.8, 4) is 0 Å². The number of aromatic nitrogens is 2. The summed E-state index contributed by atoms with van der Waals surface area (Å²) in [5, 5.41) is 7.10. The molecule has 3 aliphatic rings. The van der Waals surface area contributed by atoms with Crippen molar-refractivity contribution in [2.24, 2.45) is 0 Å². The second kappa shape index (κ2) is 6.35. The van der Waals surface area contributed by atoms with Gasteiger partial charge in [0.05, 0.1) is 18.2 Å². The molecule has 4 rings (SSSR count). The van der Waals surface area contributed by atoms with Gasteiger partial charge >= 0.3 is 6.09 Å². The highest BCUT2D eigenvalue weighted by molar-refractivity contribution is 5.80. The Bertz CT molecular complexity index is 657. The van der Waals surface area contributed by atoms with Crippen molar-refractivity contribution in [2.45, 2.75) is 71.6 Å². The molecule has 3 aliphatic heterocycles. The summed E-state index contributed by atoms with van der Waals surface area (Å²) < 4.78 is 5.51. The van der Waals surface area contributed by atoms with Gasteiger partial charge in [0.25, 0.3) is 0 Å². The van der Waals surface area contributed by atoms with Crippen molar-refractivity contribution in [3.63, 3.8) is 0 Å². The summed E-state index contributed by atoms with van der Waals surface area (Å²) in [4.78, 5) is 29.0. The fraction of sp³-hybridized carbons (Fsp3) is 0.722. The van der Waals surface area contributed by atoms with Crippen LogP contribution >= 0.6 is 0 Å². The highest BCUT2D eigenvalue weighted by Crippen LogP contribution is 2.30. The fourth-order valence-corrected chi connectivity index (χ4v) is 3.77. The van der Waals surface area contributed by atoms with Gasteiger partial charge in [-0.1, -0.05) is 0 Å². The van der Waals surface area contributed by atoms with E-state index in [9.17, 15) is 9.59 Å². The summed E-state index contributed by atoms with van der Waals surface area (Å²) in [6, 6.07) is 0.132. The normalized spacial score (nSPS) is 23.1. The van der Waals surface area contributed by atoms with Crippen LogP contribution in [0.4, 0.5) is 4.79 Å². The Balaban J connectivity index is 1.66. The molecule has 0 aromatic carbocycles. The lowest BCUT2D eigenvalue weighted by Gasteiger charge is -2.51. The van der Waals surface area contributed by atoms with Crippen LogP contribution in [0, 0.1) is 13.8 Å². The molecular formula is C18H28N4O3. The number of amides is 2. The van der Waals surface area contributed by atoms with Crippen molar-refractivity contribution in [3.05, 3.63) is 17.0 Å². The van der Waals surface area contributed by atoms with Gasteiger partial charge in [-0.3, -0.25) is 9.89 Å². The zero-order valence-corrected chi connectivity index (χ0v) is 15.8. The van der Waals surface area contributed by atoms with E-state index in [-0.39, 0.29) is 24.1 Å². The van der Waals surface area contributed by atoms with E-state index in [1.54, 1.807) is 4.90 Å². The van der Waals surface area contributed by atoms with Crippen molar-refractivity contribution >= 4 is 12.0 Å². The number of carbonyl (C=O) groups is 2. The second-order valence-corrected chi connectivity index (χ2v) is 8.15. The van der Waals surface area contributed by atoms with E-state index in [0.717, 1.165) is 29.8 Å². The summed E-state index contributed by atoms with van der Waals surface area (Å²) in [5.41, 5.74) is 2.31. The molecule has 0 spiro atoms. The molecule has 25 heavy (non-hydrogen) atoms. The number of fused-ring (bicyclic) bond motifs is 3. The Kier molecular flexibility index (Phi) is 4.51. The largest absolute Gasteiger partial charge is 0.444 e. The molecule has 4 heterocycles. The van der Waals surface area contributed by atoms with Crippen LogP contribution in [0.5, 0.6) is 0 Å². The zero-order chi connectivity index (χ0) is 18.4. The van der Waals surface area contributed by atoms with Crippen LogP contribution in [0.2, 0.25) is 0 Å². The summed E-state index contributed by atoms with van der Waals surface area (Å²) in [5.74, 6) is 0.117. The summed E-state index contributed by atoms with van der Waals surface area (Å²) in [7, 11) is 0. The molecule has 3 saturated heterocycles. The third-order valence-corrected chi connectivity index (χ3v) is 5.09. The fourth-order valence-electron chi connectivity index (χ4n) is 3.77. The van der Waals surface area contributed by atoms with Crippen LogP contribution in [0.1, 0.15) is 50.6 Å². The third kappa shape index (κ3) is 3.65. The molecule has 2 amide bonds. The molecule has 1 aromatic heterocycles. The SMILES string of the molecule is Cc1n[nH]c(C)c1CC(=O)N1CC2CCC1CN2C(=O)OC(C)(C)C. The van der Waals surface area contributed by atoms with Crippen molar-refractivity contribution in [1.82, 2.24) is 20.0 Å². The van der Waals surface area contributed by atoms with Gasteiger partial charge in [0.1, 0.15) is 5.60 Å². The molecular weight excluding hydrogens is 320 g/mol. The molecule has 2 atom stereocenters. The molecule has 3 fully saturated rings. The highest BCUT2D eigenvalue weighted by atomic mass is 16.6. The number of hydrogen-bond acceptors (Lipinski definition) is 4. The maximum absolute atomic E-state index is 12.8. The Hall–Kier alpha value is -2.05. The molecule has 138 valence electrons.